The van der Waals surface area contributed by atoms with Gasteiger partial charge in [-0.05, 0) is 56.2 Å². The molecular weight excluding hydrogens is 380 g/mol. The summed E-state index contributed by atoms with van der Waals surface area (Å²) in [5, 5.41) is 12.5. The van der Waals surface area contributed by atoms with Crippen LogP contribution in [0.4, 0.5) is 17.2 Å². The third kappa shape index (κ3) is 3.89. The minimum atomic E-state index is -0.522. The van der Waals surface area contributed by atoms with Crippen LogP contribution in [0.25, 0.3) is 0 Å². The third-order valence-electron chi connectivity index (χ3n) is 4.22. The molecule has 1 aromatic heterocycles. The summed E-state index contributed by atoms with van der Waals surface area (Å²) in [6.07, 6.45) is 1.26. The van der Waals surface area contributed by atoms with Crippen molar-refractivity contribution in [3.8, 4) is 11.6 Å². The van der Waals surface area contributed by atoms with E-state index in [9.17, 15) is 10.1 Å². The van der Waals surface area contributed by atoms with E-state index in [4.69, 9.17) is 16.3 Å². The molecule has 0 saturated heterocycles. The van der Waals surface area contributed by atoms with Crippen LogP contribution in [0.15, 0.2) is 48.8 Å². The molecule has 0 fully saturated rings. The van der Waals surface area contributed by atoms with Crippen LogP contribution in [0.5, 0.6) is 11.6 Å². The Morgan fingerprint density at radius 1 is 1.14 bits per heavy atom. The van der Waals surface area contributed by atoms with Gasteiger partial charge < -0.3 is 9.64 Å². The molecule has 28 heavy (non-hydrogen) atoms. The number of benzene rings is 2. The summed E-state index contributed by atoms with van der Waals surface area (Å²) in [4.78, 5) is 21.3. The maximum absolute atomic E-state index is 11.9. The molecule has 0 aliphatic heterocycles. The molecule has 0 N–H and O–H groups in total. The lowest BCUT2D eigenvalue weighted by molar-refractivity contribution is -0.385. The smallest absolute Gasteiger partial charge is 0.373 e. The summed E-state index contributed by atoms with van der Waals surface area (Å²) >= 11 is 6.19. The van der Waals surface area contributed by atoms with Crippen molar-refractivity contribution >= 4 is 28.8 Å². The predicted molar refractivity (Wildman–Crippen MR) is 109 cm³/mol. The molecule has 3 aromatic rings. The Balaban J connectivity index is 2.09. The van der Waals surface area contributed by atoms with Crippen LogP contribution in [0.3, 0.4) is 0 Å². The van der Waals surface area contributed by atoms with Crippen molar-refractivity contribution in [2.45, 2.75) is 20.8 Å². The molecule has 0 unspecified atom stereocenters. The SMILES string of the molecule is CCN(c1ccccc1)c1ncnc(Oc2cc(C)c(Cl)c(C)c2)c1[N+](=O)[O-]. The summed E-state index contributed by atoms with van der Waals surface area (Å²) in [6, 6.07) is 12.8. The van der Waals surface area contributed by atoms with Crippen molar-refractivity contribution in [1.82, 2.24) is 9.97 Å². The van der Waals surface area contributed by atoms with Crippen LogP contribution >= 0.6 is 11.6 Å². The lowest BCUT2D eigenvalue weighted by Gasteiger charge is -2.22. The Bertz CT molecular complexity index is 989. The fourth-order valence-electron chi connectivity index (χ4n) is 2.93. The number of anilines is 2. The molecule has 0 aliphatic carbocycles. The average Bonchev–Trinajstić information content (AvgIpc) is 2.67. The Kier molecular flexibility index (Phi) is 5.75. The summed E-state index contributed by atoms with van der Waals surface area (Å²) in [6.45, 7) is 6.07. The molecule has 2 aromatic carbocycles. The molecule has 0 radical (unpaired) electrons. The van der Waals surface area contributed by atoms with Crippen LogP contribution in [-0.4, -0.2) is 21.4 Å². The molecular formula is C20H19ClN4O3. The van der Waals surface area contributed by atoms with Gasteiger partial charge in [0.25, 0.3) is 0 Å². The zero-order chi connectivity index (χ0) is 20.3. The van der Waals surface area contributed by atoms with E-state index in [1.807, 2.05) is 51.1 Å². The van der Waals surface area contributed by atoms with Crippen LogP contribution in [0.2, 0.25) is 5.02 Å². The molecule has 0 aliphatic rings. The van der Waals surface area contributed by atoms with Gasteiger partial charge in [-0.15, -0.1) is 0 Å². The topological polar surface area (TPSA) is 81.4 Å². The minimum absolute atomic E-state index is 0.120. The first-order valence-corrected chi connectivity index (χ1v) is 9.06. The van der Waals surface area contributed by atoms with Crippen molar-refractivity contribution in [2.75, 3.05) is 11.4 Å². The Morgan fingerprint density at radius 3 is 2.36 bits per heavy atom. The van der Waals surface area contributed by atoms with Gasteiger partial charge in [0.15, 0.2) is 0 Å². The monoisotopic (exact) mass is 398 g/mol. The van der Waals surface area contributed by atoms with Gasteiger partial charge >= 0.3 is 11.6 Å². The van der Waals surface area contributed by atoms with Gasteiger partial charge in [-0.2, -0.15) is 4.98 Å². The van der Waals surface area contributed by atoms with Crippen molar-refractivity contribution < 1.29 is 9.66 Å². The van der Waals surface area contributed by atoms with E-state index in [0.717, 1.165) is 16.8 Å². The molecule has 0 bridgehead atoms. The molecule has 0 atom stereocenters. The van der Waals surface area contributed by atoms with Gasteiger partial charge in [-0.3, -0.25) is 10.1 Å². The van der Waals surface area contributed by atoms with Gasteiger partial charge in [0.2, 0.25) is 5.82 Å². The number of para-hydroxylation sites is 1. The van der Waals surface area contributed by atoms with Crippen molar-refractivity contribution in [2.24, 2.45) is 0 Å². The quantitative estimate of drug-likeness (QED) is 0.396. The molecule has 8 heteroatoms. The van der Waals surface area contributed by atoms with E-state index in [1.165, 1.54) is 6.33 Å². The minimum Gasteiger partial charge on any atom is -0.434 e. The van der Waals surface area contributed by atoms with E-state index in [-0.39, 0.29) is 17.4 Å². The van der Waals surface area contributed by atoms with Gasteiger partial charge in [-0.25, -0.2) is 4.98 Å². The molecule has 7 nitrogen and oxygen atoms in total. The van der Waals surface area contributed by atoms with Crippen molar-refractivity contribution in [3.05, 3.63) is 75.1 Å². The van der Waals surface area contributed by atoms with Crippen molar-refractivity contribution in [1.29, 1.82) is 0 Å². The number of hydrogen-bond donors (Lipinski definition) is 0. The number of ether oxygens (including phenoxy) is 1. The van der Waals surface area contributed by atoms with Crippen LogP contribution < -0.4 is 9.64 Å². The normalized spacial score (nSPS) is 10.6. The number of nitrogens with zero attached hydrogens (tertiary/aromatic N) is 4. The Morgan fingerprint density at radius 2 is 1.79 bits per heavy atom. The second-order valence-corrected chi connectivity index (χ2v) is 6.54. The maximum atomic E-state index is 11.9. The molecule has 3 rings (SSSR count). The van der Waals surface area contributed by atoms with Gasteiger partial charge in [0, 0.05) is 17.3 Å². The molecule has 0 spiro atoms. The van der Waals surface area contributed by atoms with Gasteiger partial charge in [0.05, 0.1) is 4.92 Å². The number of nitro groups is 1. The first kappa shape index (κ1) is 19.6. The van der Waals surface area contributed by atoms with Crippen LogP contribution in [-0.2, 0) is 0 Å². The molecule has 0 amide bonds. The Hall–Kier alpha value is -3.19. The highest BCUT2D eigenvalue weighted by Crippen LogP contribution is 2.39. The highest BCUT2D eigenvalue weighted by Gasteiger charge is 2.29. The van der Waals surface area contributed by atoms with E-state index in [1.54, 1.807) is 17.0 Å². The zero-order valence-corrected chi connectivity index (χ0v) is 16.5. The molecule has 1 heterocycles. The fraction of sp³-hybridized carbons (Fsp3) is 0.200. The summed E-state index contributed by atoms with van der Waals surface area (Å²) in [7, 11) is 0. The Labute approximate surface area is 167 Å². The highest BCUT2D eigenvalue weighted by molar-refractivity contribution is 6.32. The lowest BCUT2D eigenvalue weighted by Crippen LogP contribution is -2.19. The third-order valence-corrected chi connectivity index (χ3v) is 4.81. The number of hydrogen-bond acceptors (Lipinski definition) is 6. The molecule has 0 saturated carbocycles. The van der Waals surface area contributed by atoms with E-state index < -0.39 is 4.92 Å². The van der Waals surface area contributed by atoms with E-state index in [0.29, 0.717) is 17.3 Å². The summed E-state index contributed by atoms with van der Waals surface area (Å²) < 4.78 is 5.78. The lowest BCUT2D eigenvalue weighted by atomic mass is 10.1. The molecule has 144 valence electrons. The number of halogens is 1. The first-order valence-electron chi connectivity index (χ1n) is 8.69. The number of rotatable bonds is 6. The van der Waals surface area contributed by atoms with Crippen LogP contribution in [0, 0.1) is 24.0 Å². The number of aromatic nitrogens is 2. The summed E-state index contributed by atoms with van der Waals surface area (Å²) in [5.74, 6) is 0.478. The highest BCUT2D eigenvalue weighted by atomic mass is 35.5. The second kappa shape index (κ2) is 8.22. The standard InChI is InChI=1S/C20H19ClN4O3/c1-4-24(15-8-6-5-7-9-15)19-18(25(26)27)20(23-12-22-19)28-16-10-13(2)17(21)14(3)11-16/h5-12H,4H2,1-3H3. The van der Waals surface area contributed by atoms with Crippen molar-refractivity contribution in [3.63, 3.8) is 0 Å². The maximum Gasteiger partial charge on any atom is 0.373 e. The fourth-order valence-corrected chi connectivity index (χ4v) is 3.03. The second-order valence-electron chi connectivity index (χ2n) is 6.16. The summed E-state index contributed by atoms with van der Waals surface area (Å²) in [5.41, 5.74) is 2.12. The zero-order valence-electron chi connectivity index (χ0n) is 15.7. The largest absolute Gasteiger partial charge is 0.434 e. The first-order chi connectivity index (χ1) is 13.4. The number of aryl methyl sites for hydroxylation is 2. The van der Waals surface area contributed by atoms with Crippen LogP contribution in [0.1, 0.15) is 18.1 Å². The predicted octanol–water partition coefficient (Wildman–Crippen LogP) is 5.61. The van der Waals surface area contributed by atoms with Gasteiger partial charge in [-0.1, -0.05) is 29.8 Å². The van der Waals surface area contributed by atoms with E-state index in [2.05, 4.69) is 9.97 Å². The van der Waals surface area contributed by atoms with Gasteiger partial charge in [0.1, 0.15) is 12.1 Å². The van der Waals surface area contributed by atoms with E-state index >= 15 is 0 Å². The average molecular weight is 399 g/mol.